The zero-order valence-corrected chi connectivity index (χ0v) is 21.7. The summed E-state index contributed by atoms with van der Waals surface area (Å²) in [5.74, 6) is 2.70. The fourth-order valence-corrected chi connectivity index (χ4v) is 5.04. The van der Waals surface area contributed by atoms with E-state index in [1.54, 1.807) is 12.3 Å². The SMILES string of the molecule is [C-]#[N+]c1ccc2nc(CN3CCC(Oc4ccnc(Cc5ccc(Cl)cc5)n4)CC3)n(C[C@@H]3CCO3)c2n1. The molecule has 0 unspecified atom stereocenters. The number of hydrogen-bond acceptors (Lipinski definition) is 7. The number of piperidine rings is 1. The number of fused-ring (bicyclic) bond motifs is 1. The third-order valence-electron chi connectivity index (χ3n) is 7.09. The number of likely N-dealkylation sites (tertiary alicyclic amines) is 1. The van der Waals surface area contributed by atoms with Crippen LogP contribution in [0.5, 0.6) is 5.88 Å². The normalized spacial score (nSPS) is 18.3. The highest BCUT2D eigenvalue weighted by Crippen LogP contribution is 2.25. The van der Waals surface area contributed by atoms with E-state index in [2.05, 4.69) is 29.3 Å². The maximum atomic E-state index is 7.33. The maximum Gasteiger partial charge on any atom is 0.271 e. The van der Waals surface area contributed by atoms with Crippen molar-refractivity contribution >= 4 is 28.6 Å². The Balaban J connectivity index is 1.08. The van der Waals surface area contributed by atoms with Gasteiger partial charge in [0.2, 0.25) is 5.88 Å². The standard InChI is InChI=1S/C28H28ClN7O2/c1-30-24-7-6-23-28(34-24)36(17-22-11-15-37-22)26(32-23)18-35-13-9-21(10-14-35)38-27-8-12-31-25(33-27)16-19-2-4-20(29)5-3-19/h2-8,12,21-22H,9-11,13-18H2/t22-/m0/s1. The van der Waals surface area contributed by atoms with Crippen LogP contribution in [-0.2, 0) is 24.2 Å². The highest BCUT2D eigenvalue weighted by molar-refractivity contribution is 6.30. The Hall–Kier alpha value is -3.58. The van der Waals surface area contributed by atoms with Crippen molar-refractivity contribution in [1.82, 2.24) is 29.4 Å². The molecule has 6 rings (SSSR count). The van der Waals surface area contributed by atoms with E-state index in [-0.39, 0.29) is 12.2 Å². The Bertz CT molecular complexity index is 1450. The fourth-order valence-electron chi connectivity index (χ4n) is 4.92. The van der Waals surface area contributed by atoms with Gasteiger partial charge in [-0.1, -0.05) is 35.3 Å². The third-order valence-corrected chi connectivity index (χ3v) is 7.35. The number of halogens is 1. The minimum Gasteiger partial charge on any atom is -0.474 e. The van der Waals surface area contributed by atoms with Gasteiger partial charge in [-0.3, -0.25) is 9.47 Å². The second kappa shape index (κ2) is 11.0. The zero-order chi connectivity index (χ0) is 25.9. The second-order valence-corrected chi connectivity index (χ2v) is 10.2. The van der Waals surface area contributed by atoms with Gasteiger partial charge in [0.15, 0.2) is 0 Å². The summed E-state index contributed by atoms with van der Waals surface area (Å²) in [6.45, 7) is 11.4. The molecule has 38 heavy (non-hydrogen) atoms. The lowest BCUT2D eigenvalue weighted by Gasteiger charge is -2.32. The summed E-state index contributed by atoms with van der Waals surface area (Å²) in [5, 5.41) is 0.716. The first-order chi connectivity index (χ1) is 18.6. The number of pyridine rings is 1. The van der Waals surface area contributed by atoms with Gasteiger partial charge in [-0.2, -0.15) is 4.98 Å². The smallest absolute Gasteiger partial charge is 0.271 e. The molecule has 194 valence electrons. The molecular weight excluding hydrogens is 502 g/mol. The number of nitrogens with zero attached hydrogens (tertiary/aromatic N) is 7. The predicted molar refractivity (Wildman–Crippen MR) is 143 cm³/mol. The summed E-state index contributed by atoms with van der Waals surface area (Å²) < 4.78 is 14.1. The van der Waals surface area contributed by atoms with E-state index < -0.39 is 0 Å². The molecule has 5 heterocycles. The van der Waals surface area contributed by atoms with Gasteiger partial charge >= 0.3 is 0 Å². The molecule has 2 fully saturated rings. The molecule has 9 nitrogen and oxygen atoms in total. The molecule has 2 saturated heterocycles. The Morgan fingerprint density at radius 1 is 1.03 bits per heavy atom. The van der Waals surface area contributed by atoms with Crippen LogP contribution in [0.3, 0.4) is 0 Å². The van der Waals surface area contributed by atoms with Gasteiger partial charge in [-0.25, -0.2) is 9.97 Å². The van der Waals surface area contributed by atoms with Crippen LogP contribution in [0, 0.1) is 6.57 Å². The summed E-state index contributed by atoms with van der Waals surface area (Å²) in [5.41, 5.74) is 2.69. The molecule has 2 aliphatic heterocycles. The first kappa shape index (κ1) is 24.7. The first-order valence-electron chi connectivity index (χ1n) is 12.9. The monoisotopic (exact) mass is 529 g/mol. The van der Waals surface area contributed by atoms with Crippen molar-refractivity contribution < 1.29 is 9.47 Å². The molecule has 1 atom stereocenters. The molecule has 0 aliphatic carbocycles. The van der Waals surface area contributed by atoms with Crippen molar-refractivity contribution in [2.45, 2.75) is 51.0 Å². The van der Waals surface area contributed by atoms with Gasteiger partial charge in [-0.15, -0.1) is 0 Å². The largest absolute Gasteiger partial charge is 0.474 e. The van der Waals surface area contributed by atoms with Crippen molar-refractivity contribution in [3.63, 3.8) is 0 Å². The molecule has 3 aromatic heterocycles. The zero-order valence-electron chi connectivity index (χ0n) is 21.0. The van der Waals surface area contributed by atoms with E-state index in [0.29, 0.717) is 29.7 Å². The van der Waals surface area contributed by atoms with Crippen LogP contribution < -0.4 is 4.74 Å². The van der Waals surface area contributed by atoms with Gasteiger partial charge in [-0.05, 0) is 49.1 Å². The number of ether oxygens (including phenoxy) is 2. The molecule has 0 amide bonds. The van der Waals surface area contributed by atoms with E-state index in [4.69, 9.17) is 32.6 Å². The van der Waals surface area contributed by atoms with Crippen molar-refractivity contribution in [2.24, 2.45) is 0 Å². The topological polar surface area (TPSA) is 82.5 Å². The predicted octanol–water partition coefficient (Wildman–Crippen LogP) is 4.85. The van der Waals surface area contributed by atoms with Gasteiger partial charge in [0, 0.05) is 43.4 Å². The number of rotatable bonds is 8. The lowest BCUT2D eigenvalue weighted by Crippen LogP contribution is -2.39. The highest BCUT2D eigenvalue weighted by Gasteiger charge is 2.27. The summed E-state index contributed by atoms with van der Waals surface area (Å²) in [7, 11) is 0. The molecule has 0 N–H and O–H groups in total. The van der Waals surface area contributed by atoms with Crippen LogP contribution in [-0.4, -0.2) is 61.3 Å². The van der Waals surface area contributed by atoms with Crippen LogP contribution in [0.15, 0.2) is 48.7 Å². The summed E-state index contributed by atoms with van der Waals surface area (Å²) in [6, 6.07) is 13.2. The Morgan fingerprint density at radius 3 is 2.58 bits per heavy atom. The average molecular weight is 530 g/mol. The Kier molecular flexibility index (Phi) is 7.18. The Labute approximate surface area is 226 Å². The molecule has 2 aliphatic rings. The van der Waals surface area contributed by atoms with Gasteiger partial charge in [0.25, 0.3) is 11.5 Å². The van der Waals surface area contributed by atoms with Crippen LogP contribution in [0.4, 0.5) is 5.82 Å². The minimum absolute atomic E-state index is 0.106. The second-order valence-electron chi connectivity index (χ2n) is 9.75. The molecule has 0 spiro atoms. The van der Waals surface area contributed by atoms with Gasteiger partial charge in [0.05, 0.1) is 19.2 Å². The van der Waals surface area contributed by atoms with Crippen LogP contribution in [0.25, 0.3) is 16.0 Å². The van der Waals surface area contributed by atoms with Crippen molar-refractivity contribution in [2.75, 3.05) is 19.7 Å². The van der Waals surface area contributed by atoms with Crippen molar-refractivity contribution in [1.29, 1.82) is 0 Å². The maximum absolute atomic E-state index is 7.33. The molecule has 0 radical (unpaired) electrons. The van der Waals surface area contributed by atoms with Gasteiger partial charge < -0.3 is 14.3 Å². The van der Waals surface area contributed by atoms with E-state index in [1.165, 1.54) is 0 Å². The van der Waals surface area contributed by atoms with Crippen molar-refractivity contribution in [3.05, 3.63) is 82.3 Å². The average Bonchev–Trinajstić information content (AvgIpc) is 3.24. The van der Waals surface area contributed by atoms with Crippen LogP contribution in [0.1, 0.15) is 36.5 Å². The lowest BCUT2D eigenvalue weighted by atomic mass is 10.1. The number of hydrogen-bond donors (Lipinski definition) is 0. The quantitative estimate of drug-likeness (QED) is 0.302. The van der Waals surface area contributed by atoms with Crippen LogP contribution in [0.2, 0.25) is 5.02 Å². The van der Waals surface area contributed by atoms with Gasteiger partial charge in [0.1, 0.15) is 23.3 Å². The molecule has 1 aromatic carbocycles. The van der Waals surface area contributed by atoms with Crippen LogP contribution >= 0.6 is 11.6 Å². The first-order valence-corrected chi connectivity index (χ1v) is 13.3. The molecular formula is C28H28ClN7O2. The van der Waals surface area contributed by atoms with E-state index in [1.807, 2.05) is 36.4 Å². The van der Waals surface area contributed by atoms with Crippen molar-refractivity contribution in [3.8, 4) is 5.88 Å². The number of imidazole rings is 1. The molecule has 10 heteroatoms. The molecule has 4 aromatic rings. The number of benzene rings is 1. The minimum atomic E-state index is 0.106. The summed E-state index contributed by atoms with van der Waals surface area (Å²) >= 11 is 5.99. The fraction of sp³-hybridized carbons (Fsp3) is 0.393. The van der Waals surface area contributed by atoms with E-state index in [9.17, 15) is 0 Å². The highest BCUT2D eigenvalue weighted by atomic mass is 35.5. The van der Waals surface area contributed by atoms with E-state index >= 15 is 0 Å². The summed E-state index contributed by atoms with van der Waals surface area (Å²) in [4.78, 5) is 24.4. The lowest BCUT2D eigenvalue weighted by molar-refractivity contribution is -0.0593. The molecule has 0 bridgehead atoms. The third kappa shape index (κ3) is 5.63. The summed E-state index contributed by atoms with van der Waals surface area (Å²) in [6.07, 6.45) is 5.52. The molecule has 0 saturated carbocycles. The van der Waals surface area contributed by atoms with E-state index in [0.717, 1.165) is 73.9 Å². The Morgan fingerprint density at radius 2 is 1.84 bits per heavy atom. The number of aromatic nitrogens is 5.